The van der Waals surface area contributed by atoms with Crippen LogP contribution in [0.3, 0.4) is 0 Å². The molecule has 0 aliphatic heterocycles. The Balaban J connectivity index is 1.87. The smallest absolute Gasteiger partial charge is 0.253 e. The van der Waals surface area contributed by atoms with Crippen molar-refractivity contribution in [2.24, 2.45) is 0 Å². The van der Waals surface area contributed by atoms with E-state index in [-0.39, 0.29) is 17.9 Å². The van der Waals surface area contributed by atoms with E-state index in [4.69, 9.17) is 4.74 Å². The van der Waals surface area contributed by atoms with Gasteiger partial charge in [0.2, 0.25) is 5.91 Å². The molecule has 0 radical (unpaired) electrons. The Morgan fingerprint density at radius 3 is 2.86 bits per heavy atom. The van der Waals surface area contributed by atoms with Crippen LogP contribution in [0.25, 0.3) is 0 Å². The summed E-state index contributed by atoms with van der Waals surface area (Å²) in [5.74, 6) is 0.578. The molecule has 2 aromatic rings. The monoisotopic (exact) mass is 301 g/mol. The summed E-state index contributed by atoms with van der Waals surface area (Å²) in [4.78, 5) is 27.7. The molecule has 0 aliphatic carbocycles. The van der Waals surface area contributed by atoms with Crippen molar-refractivity contribution in [2.75, 3.05) is 13.7 Å². The van der Waals surface area contributed by atoms with Crippen molar-refractivity contribution >= 4 is 5.91 Å². The summed E-state index contributed by atoms with van der Waals surface area (Å²) in [6.07, 6.45) is 1.73. The molecule has 0 saturated heterocycles. The lowest BCUT2D eigenvalue weighted by Gasteiger charge is -2.09. The fourth-order valence-electron chi connectivity index (χ4n) is 2.08. The fraction of sp³-hybridized carbons (Fsp3) is 0.312. The fourth-order valence-corrected chi connectivity index (χ4v) is 2.08. The van der Waals surface area contributed by atoms with Crippen molar-refractivity contribution in [3.05, 3.63) is 58.3 Å². The maximum absolute atomic E-state index is 11.9. The number of nitrogens with one attached hydrogen (secondary N) is 1. The number of rotatable bonds is 6. The standard InChI is InChI=1S/C16H19N3O3/c1-12-9-16(21)19(11-18-12)8-7-17-15(20)10-13-5-3-4-6-14(13)22-2/h3-6,9,11H,7-8,10H2,1-2H3,(H,17,20). The second kappa shape index (κ2) is 7.40. The number of carbonyl (C=O) groups is 1. The second-order valence-electron chi connectivity index (χ2n) is 4.90. The molecule has 6 nitrogen and oxygen atoms in total. The quantitative estimate of drug-likeness (QED) is 0.861. The van der Waals surface area contributed by atoms with Gasteiger partial charge in [0, 0.05) is 30.4 Å². The minimum absolute atomic E-state index is 0.113. The van der Waals surface area contributed by atoms with E-state index in [1.165, 1.54) is 17.0 Å². The van der Waals surface area contributed by atoms with Crippen molar-refractivity contribution in [2.45, 2.75) is 19.9 Å². The third-order valence-corrected chi connectivity index (χ3v) is 3.23. The van der Waals surface area contributed by atoms with Gasteiger partial charge in [-0.3, -0.25) is 14.2 Å². The first kappa shape index (κ1) is 15.8. The number of carbonyl (C=O) groups excluding carboxylic acids is 1. The van der Waals surface area contributed by atoms with E-state index in [0.29, 0.717) is 24.5 Å². The molecule has 0 atom stereocenters. The Hall–Kier alpha value is -2.63. The van der Waals surface area contributed by atoms with Gasteiger partial charge in [-0.05, 0) is 13.0 Å². The van der Waals surface area contributed by atoms with Crippen molar-refractivity contribution in [3.63, 3.8) is 0 Å². The highest BCUT2D eigenvalue weighted by atomic mass is 16.5. The molecule has 1 heterocycles. The minimum Gasteiger partial charge on any atom is -0.496 e. The van der Waals surface area contributed by atoms with Gasteiger partial charge in [0.1, 0.15) is 5.75 Å². The highest BCUT2D eigenvalue weighted by molar-refractivity contribution is 5.79. The minimum atomic E-state index is -0.119. The molecular formula is C16H19N3O3. The Bertz CT molecular complexity index is 710. The van der Waals surface area contributed by atoms with Crippen LogP contribution in [0.15, 0.2) is 41.5 Å². The predicted octanol–water partition coefficient (Wildman–Crippen LogP) is 0.919. The number of benzene rings is 1. The van der Waals surface area contributed by atoms with Gasteiger partial charge in [-0.15, -0.1) is 0 Å². The Morgan fingerprint density at radius 2 is 2.14 bits per heavy atom. The normalized spacial score (nSPS) is 10.3. The Labute approximate surface area is 128 Å². The molecule has 0 fully saturated rings. The molecular weight excluding hydrogens is 282 g/mol. The van der Waals surface area contributed by atoms with Crippen molar-refractivity contribution < 1.29 is 9.53 Å². The van der Waals surface area contributed by atoms with E-state index in [9.17, 15) is 9.59 Å². The number of amides is 1. The largest absolute Gasteiger partial charge is 0.496 e. The summed E-state index contributed by atoms with van der Waals surface area (Å²) in [6.45, 7) is 2.53. The van der Waals surface area contributed by atoms with Crippen LogP contribution in [0.5, 0.6) is 5.75 Å². The third kappa shape index (κ3) is 4.18. The van der Waals surface area contributed by atoms with Gasteiger partial charge in [-0.2, -0.15) is 0 Å². The zero-order valence-electron chi connectivity index (χ0n) is 12.7. The van der Waals surface area contributed by atoms with Crippen LogP contribution >= 0.6 is 0 Å². The SMILES string of the molecule is COc1ccccc1CC(=O)NCCn1cnc(C)cc1=O. The number of aryl methyl sites for hydroxylation is 1. The number of aromatic nitrogens is 2. The molecule has 22 heavy (non-hydrogen) atoms. The van der Waals surface area contributed by atoms with Gasteiger partial charge in [-0.25, -0.2) is 4.98 Å². The van der Waals surface area contributed by atoms with E-state index in [0.717, 1.165) is 5.56 Å². The maximum atomic E-state index is 11.9. The van der Waals surface area contributed by atoms with Crippen LogP contribution < -0.4 is 15.6 Å². The number of hydrogen-bond acceptors (Lipinski definition) is 4. The van der Waals surface area contributed by atoms with Crippen molar-refractivity contribution in [1.29, 1.82) is 0 Å². The molecule has 1 aromatic carbocycles. The van der Waals surface area contributed by atoms with Gasteiger partial charge in [-0.1, -0.05) is 18.2 Å². The third-order valence-electron chi connectivity index (χ3n) is 3.23. The van der Waals surface area contributed by atoms with Crippen LogP contribution in [0.4, 0.5) is 0 Å². The number of methoxy groups -OCH3 is 1. The van der Waals surface area contributed by atoms with Crippen molar-refractivity contribution in [1.82, 2.24) is 14.9 Å². The molecule has 6 heteroatoms. The zero-order chi connectivity index (χ0) is 15.9. The number of hydrogen-bond donors (Lipinski definition) is 1. The van der Waals surface area contributed by atoms with Crippen LogP contribution in [-0.2, 0) is 17.8 Å². The Kier molecular flexibility index (Phi) is 5.30. The number of para-hydroxylation sites is 1. The van der Waals surface area contributed by atoms with Gasteiger partial charge in [0.05, 0.1) is 19.9 Å². The van der Waals surface area contributed by atoms with E-state index in [1.807, 2.05) is 24.3 Å². The average molecular weight is 301 g/mol. The summed E-state index contributed by atoms with van der Waals surface area (Å²) in [5.41, 5.74) is 1.39. The average Bonchev–Trinajstić information content (AvgIpc) is 2.50. The topological polar surface area (TPSA) is 73.2 Å². The van der Waals surface area contributed by atoms with Gasteiger partial charge >= 0.3 is 0 Å². The summed E-state index contributed by atoms with van der Waals surface area (Å²) in [7, 11) is 1.58. The molecule has 1 amide bonds. The second-order valence-corrected chi connectivity index (χ2v) is 4.90. The molecule has 0 aliphatic rings. The summed E-state index contributed by atoms with van der Waals surface area (Å²) < 4.78 is 6.68. The number of nitrogens with zero attached hydrogens (tertiary/aromatic N) is 2. The van der Waals surface area contributed by atoms with Crippen LogP contribution in [0, 0.1) is 6.92 Å². The summed E-state index contributed by atoms with van der Waals surface area (Å²) in [6, 6.07) is 8.86. The molecule has 1 aromatic heterocycles. The van der Waals surface area contributed by atoms with Crippen LogP contribution in [0.1, 0.15) is 11.3 Å². The molecule has 0 bridgehead atoms. The van der Waals surface area contributed by atoms with Crippen LogP contribution in [-0.4, -0.2) is 29.1 Å². The van der Waals surface area contributed by atoms with Crippen molar-refractivity contribution in [3.8, 4) is 5.75 Å². The lowest BCUT2D eigenvalue weighted by Crippen LogP contribution is -2.31. The predicted molar refractivity (Wildman–Crippen MR) is 82.9 cm³/mol. The lowest BCUT2D eigenvalue weighted by atomic mass is 10.1. The maximum Gasteiger partial charge on any atom is 0.253 e. The summed E-state index contributed by atoms with van der Waals surface area (Å²) in [5, 5.41) is 2.79. The molecule has 0 unspecified atom stereocenters. The lowest BCUT2D eigenvalue weighted by molar-refractivity contribution is -0.120. The van der Waals surface area contributed by atoms with Crippen LogP contribution in [0.2, 0.25) is 0 Å². The van der Waals surface area contributed by atoms with Gasteiger partial charge in [0.25, 0.3) is 5.56 Å². The number of ether oxygens (including phenoxy) is 1. The first-order valence-electron chi connectivity index (χ1n) is 7.02. The highest BCUT2D eigenvalue weighted by Gasteiger charge is 2.07. The molecule has 0 saturated carbocycles. The van der Waals surface area contributed by atoms with E-state index < -0.39 is 0 Å². The molecule has 116 valence electrons. The van der Waals surface area contributed by atoms with Gasteiger partial charge < -0.3 is 10.1 Å². The van der Waals surface area contributed by atoms with E-state index in [2.05, 4.69) is 10.3 Å². The molecule has 2 rings (SSSR count). The molecule has 1 N–H and O–H groups in total. The summed E-state index contributed by atoms with van der Waals surface area (Å²) >= 11 is 0. The first-order chi connectivity index (χ1) is 10.6. The first-order valence-corrected chi connectivity index (χ1v) is 7.02. The zero-order valence-corrected chi connectivity index (χ0v) is 12.7. The van der Waals surface area contributed by atoms with E-state index >= 15 is 0 Å². The van der Waals surface area contributed by atoms with E-state index in [1.54, 1.807) is 14.0 Å². The molecule has 0 spiro atoms. The Morgan fingerprint density at radius 1 is 1.36 bits per heavy atom. The van der Waals surface area contributed by atoms with Gasteiger partial charge in [0.15, 0.2) is 0 Å². The highest BCUT2D eigenvalue weighted by Crippen LogP contribution is 2.17.